The Morgan fingerprint density at radius 1 is 0.960 bits per heavy atom. The minimum atomic E-state index is -1.90. The highest BCUT2D eigenvalue weighted by Gasteiger charge is 2.45. The Bertz CT molecular complexity index is 718. The summed E-state index contributed by atoms with van der Waals surface area (Å²) in [6.45, 7) is 0.00608. The standard InChI is InChI=1S/C19H20ClNO4/c1-24-17(22)19(21,11-14-5-3-2-4-6-14)18(23)25-13-16-9-7-15(12-20)8-10-16/h2-10H,11-13,21H2,1H3. The molecule has 1 unspecified atom stereocenters. The molecule has 0 radical (unpaired) electrons. The van der Waals surface area contributed by atoms with Crippen LogP contribution < -0.4 is 5.73 Å². The van der Waals surface area contributed by atoms with E-state index in [0.29, 0.717) is 5.88 Å². The second-order valence-electron chi connectivity index (χ2n) is 5.65. The van der Waals surface area contributed by atoms with Crippen LogP contribution in [0, 0.1) is 0 Å². The lowest BCUT2D eigenvalue weighted by molar-refractivity contribution is -0.163. The fourth-order valence-corrected chi connectivity index (χ4v) is 2.51. The van der Waals surface area contributed by atoms with Crippen LogP contribution in [-0.2, 0) is 38.0 Å². The average molecular weight is 362 g/mol. The summed E-state index contributed by atoms with van der Waals surface area (Å²) in [7, 11) is 1.19. The van der Waals surface area contributed by atoms with Crippen LogP contribution in [0.2, 0.25) is 0 Å². The number of carbonyl (C=O) groups excluding carboxylic acids is 2. The quantitative estimate of drug-likeness (QED) is 0.466. The number of alkyl halides is 1. The molecule has 2 aromatic rings. The van der Waals surface area contributed by atoms with Gasteiger partial charge in [0, 0.05) is 12.3 Å². The lowest BCUT2D eigenvalue weighted by atomic mass is 9.92. The number of halogens is 1. The Morgan fingerprint density at radius 2 is 1.56 bits per heavy atom. The van der Waals surface area contributed by atoms with Crippen molar-refractivity contribution in [2.45, 2.75) is 24.4 Å². The maximum absolute atomic E-state index is 12.5. The zero-order valence-corrected chi connectivity index (χ0v) is 14.7. The first-order chi connectivity index (χ1) is 12.0. The average Bonchev–Trinajstić information content (AvgIpc) is 2.66. The summed E-state index contributed by atoms with van der Waals surface area (Å²) in [5.74, 6) is -1.26. The molecular formula is C19H20ClNO4. The van der Waals surface area contributed by atoms with E-state index in [9.17, 15) is 9.59 Å². The highest BCUT2D eigenvalue weighted by molar-refractivity contribution is 6.17. The first-order valence-corrected chi connectivity index (χ1v) is 8.25. The van der Waals surface area contributed by atoms with Crippen molar-refractivity contribution in [2.75, 3.05) is 7.11 Å². The third-order valence-corrected chi connectivity index (χ3v) is 4.10. The predicted octanol–water partition coefficient (Wildman–Crippen LogP) is 2.58. The summed E-state index contributed by atoms with van der Waals surface area (Å²) in [6.07, 6.45) is -0.00939. The van der Waals surface area contributed by atoms with E-state index in [-0.39, 0.29) is 13.0 Å². The molecule has 0 spiro atoms. The van der Waals surface area contributed by atoms with Gasteiger partial charge in [-0.3, -0.25) is 0 Å². The number of carbonyl (C=O) groups is 2. The number of nitrogens with two attached hydrogens (primary N) is 1. The van der Waals surface area contributed by atoms with Gasteiger partial charge >= 0.3 is 11.9 Å². The molecule has 132 valence electrons. The highest BCUT2D eigenvalue weighted by atomic mass is 35.5. The van der Waals surface area contributed by atoms with E-state index in [1.54, 1.807) is 36.4 Å². The van der Waals surface area contributed by atoms with Gasteiger partial charge in [0.05, 0.1) is 7.11 Å². The van der Waals surface area contributed by atoms with E-state index in [2.05, 4.69) is 0 Å². The monoisotopic (exact) mass is 361 g/mol. The van der Waals surface area contributed by atoms with Gasteiger partial charge in [0.25, 0.3) is 0 Å². The van der Waals surface area contributed by atoms with Gasteiger partial charge in [-0.2, -0.15) is 0 Å². The van der Waals surface area contributed by atoms with Crippen molar-refractivity contribution in [3.05, 3.63) is 71.3 Å². The molecule has 0 saturated carbocycles. The Labute approximate surface area is 151 Å². The number of ether oxygens (including phenoxy) is 2. The van der Waals surface area contributed by atoms with Crippen LogP contribution in [0.25, 0.3) is 0 Å². The molecule has 6 heteroatoms. The fourth-order valence-electron chi connectivity index (χ4n) is 2.33. The Kier molecular flexibility index (Phi) is 6.56. The van der Waals surface area contributed by atoms with E-state index in [0.717, 1.165) is 16.7 Å². The topological polar surface area (TPSA) is 78.6 Å². The molecule has 0 fully saturated rings. The van der Waals surface area contributed by atoms with Crippen molar-refractivity contribution in [1.82, 2.24) is 0 Å². The summed E-state index contributed by atoms with van der Waals surface area (Å²) in [4.78, 5) is 24.6. The van der Waals surface area contributed by atoms with E-state index in [1.807, 2.05) is 18.2 Å². The van der Waals surface area contributed by atoms with Crippen LogP contribution >= 0.6 is 11.6 Å². The SMILES string of the molecule is COC(=O)C(N)(Cc1ccccc1)C(=O)OCc1ccc(CCl)cc1. The largest absolute Gasteiger partial charge is 0.467 e. The molecule has 2 rings (SSSR count). The molecular weight excluding hydrogens is 342 g/mol. The van der Waals surface area contributed by atoms with Crippen molar-refractivity contribution in [2.24, 2.45) is 5.73 Å². The lowest BCUT2D eigenvalue weighted by Crippen LogP contribution is -2.58. The summed E-state index contributed by atoms with van der Waals surface area (Å²) < 4.78 is 9.98. The molecule has 1 atom stereocenters. The lowest BCUT2D eigenvalue weighted by Gasteiger charge is -2.24. The molecule has 0 saturated heterocycles. The smallest absolute Gasteiger partial charge is 0.338 e. The van der Waals surface area contributed by atoms with E-state index in [1.165, 1.54) is 7.11 Å². The second-order valence-corrected chi connectivity index (χ2v) is 5.92. The van der Waals surface area contributed by atoms with Crippen LogP contribution in [0.3, 0.4) is 0 Å². The van der Waals surface area contributed by atoms with Gasteiger partial charge in [0.15, 0.2) is 0 Å². The molecule has 5 nitrogen and oxygen atoms in total. The van der Waals surface area contributed by atoms with Crippen molar-refractivity contribution in [1.29, 1.82) is 0 Å². The molecule has 0 aliphatic rings. The van der Waals surface area contributed by atoms with Gasteiger partial charge in [0.2, 0.25) is 5.54 Å². The number of methoxy groups -OCH3 is 1. The van der Waals surface area contributed by atoms with Gasteiger partial charge in [0.1, 0.15) is 6.61 Å². The van der Waals surface area contributed by atoms with Crippen LogP contribution in [0.15, 0.2) is 54.6 Å². The summed E-state index contributed by atoms with van der Waals surface area (Å²) in [5, 5.41) is 0. The summed E-state index contributed by atoms with van der Waals surface area (Å²) >= 11 is 5.74. The summed E-state index contributed by atoms with van der Waals surface area (Å²) in [6, 6.07) is 16.3. The summed E-state index contributed by atoms with van der Waals surface area (Å²) in [5.41, 5.74) is 6.64. The zero-order valence-electron chi connectivity index (χ0n) is 13.9. The third-order valence-electron chi connectivity index (χ3n) is 3.79. The number of rotatable bonds is 7. The molecule has 0 aliphatic heterocycles. The molecule has 0 aromatic heterocycles. The number of hydrogen-bond donors (Lipinski definition) is 1. The Hall–Kier alpha value is -2.37. The molecule has 2 aromatic carbocycles. The van der Waals surface area contributed by atoms with Crippen molar-refractivity contribution < 1.29 is 19.1 Å². The van der Waals surface area contributed by atoms with Gasteiger partial charge in [-0.05, 0) is 16.7 Å². The molecule has 2 N–H and O–H groups in total. The predicted molar refractivity (Wildman–Crippen MR) is 94.9 cm³/mol. The van der Waals surface area contributed by atoms with Crippen molar-refractivity contribution >= 4 is 23.5 Å². The normalized spacial score (nSPS) is 12.9. The number of benzene rings is 2. The molecule has 0 heterocycles. The first-order valence-electron chi connectivity index (χ1n) is 7.72. The minimum Gasteiger partial charge on any atom is -0.467 e. The van der Waals surface area contributed by atoms with E-state index < -0.39 is 17.5 Å². The van der Waals surface area contributed by atoms with Crippen LogP contribution in [0.4, 0.5) is 0 Å². The minimum absolute atomic E-state index is 0.00608. The fraction of sp³-hybridized carbons (Fsp3) is 0.263. The van der Waals surface area contributed by atoms with E-state index >= 15 is 0 Å². The molecule has 25 heavy (non-hydrogen) atoms. The maximum atomic E-state index is 12.5. The van der Waals surface area contributed by atoms with Gasteiger partial charge in [-0.25, -0.2) is 9.59 Å². The number of hydrogen-bond acceptors (Lipinski definition) is 5. The van der Waals surface area contributed by atoms with Crippen LogP contribution in [0.1, 0.15) is 16.7 Å². The molecule has 0 amide bonds. The zero-order chi connectivity index (χ0) is 18.3. The van der Waals surface area contributed by atoms with Gasteiger partial charge < -0.3 is 15.2 Å². The second kappa shape index (κ2) is 8.65. The van der Waals surface area contributed by atoms with Gasteiger partial charge in [-0.1, -0.05) is 54.6 Å². The first kappa shape index (κ1) is 19.0. The van der Waals surface area contributed by atoms with E-state index in [4.69, 9.17) is 26.8 Å². The Balaban J connectivity index is 2.10. The van der Waals surface area contributed by atoms with Crippen molar-refractivity contribution in [3.8, 4) is 0 Å². The van der Waals surface area contributed by atoms with Gasteiger partial charge in [-0.15, -0.1) is 11.6 Å². The molecule has 0 bridgehead atoms. The number of esters is 2. The van der Waals surface area contributed by atoms with Crippen LogP contribution in [0.5, 0.6) is 0 Å². The third kappa shape index (κ3) is 4.81. The van der Waals surface area contributed by atoms with Crippen LogP contribution in [-0.4, -0.2) is 24.6 Å². The maximum Gasteiger partial charge on any atom is 0.338 e. The highest BCUT2D eigenvalue weighted by Crippen LogP contribution is 2.17. The Morgan fingerprint density at radius 3 is 2.12 bits per heavy atom. The van der Waals surface area contributed by atoms with Crippen molar-refractivity contribution in [3.63, 3.8) is 0 Å². The molecule has 0 aliphatic carbocycles.